The molecule has 0 radical (unpaired) electrons. The molecule has 1 fully saturated rings. The number of nitrogens with zero attached hydrogens (tertiary/aromatic N) is 1. The summed E-state index contributed by atoms with van der Waals surface area (Å²) in [6.45, 7) is 20.5. The third kappa shape index (κ3) is 6.80. The van der Waals surface area contributed by atoms with Gasteiger partial charge in [-0.1, -0.05) is 94.9 Å². The molecule has 0 heterocycles. The average Bonchev–Trinajstić information content (AvgIpc) is 3.47. The molecule has 206 valence electrons. The van der Waals surface area contributed by atoms with Gasteiger partial charge in [-0.25, -0.2) is 0 Å². The minimum atomic E-state index is -1.24. The van der Waals surface area contributed by atoms with E-state index >= 15 is 0 Å². The van der Waals surface area contributed by atoms with Crippen LogP contribution in [-0.4, -0.2) is 50.2 Å². The molecule has 0 aromatic heterocycles. The first-order valence-electron chi connectivity index (χ1n) is 14.0. The first kappa shape index (κ1) is 31.9. The molecule has 6 heteroatoms. The summed E-state index contributed by atoms with van der Waals surface area (Å²) in [6.07, 6.45) is 6.04. The topological polar surface area (TPSA) is 104 Å². The summed E-state index contributed by atoms with van der Waals surface area (Å²) in [7, 11) is 0. The highest BCUT2D eigenvalue weighted by Crippen LogP contribution is 2.53. The molecule has 0 bridgehead atoms. The van der Waals surface area contributed by atoms with Gasteiger partial charge in [0.15, 0.2) is 0 Å². The first-order chi connectivity index (χ1) is 15.9. The Bertz CT molecular complexity index is 663. The lowest BCUT2D eigenvalue weighted by Crippen LogP contribution is -2.71. The summed E-state index contributed by atoms with van der Waals surface area (Å²) >= 11 is 0. The third-order valence-corrected chi connectivity index (χ3v) is 7.81. The fraction of sp³-hybridized carbons (Fsp3) is 0.931. The van der Waals surface area contributed by atoms with E-state index in [1.165, 1.54) is 0 Å². The maximum Gasteiger partial charge on any atom is 0.238 e. The van der Waals surface area contributed by atoms with Crippen molar-refractivity contribution in [2.75, 3.05) is 0 Å². The van der Waals surface area contributed by atoms with Crippen LogP contribution < -0.4 is 5.73 Å². The lowest BCUT2D eigenvalue weighted by molar-refractivity contribution is -0.191. The highest BCUT2D eigenvalue weighted by molar-refractivity contribution is 6.07. The first-order valence-corrected chi connectivity index (χ1v) is 14.0. The van der Waals surface area contributed by atoms with E-state index in [9.17, 15) is 19.8 Å². The summed E-state index contributed by atoms with van der Waals surface area (Å²) < 4.78 is 0. The largest absolute Gasteiger partial charge is 0.388 e. The molecule has 0 saturated heterocycles. The molecule has 1 rings (SSSR count). The molecule has 0 spiro atoms. The van der Waals surface area contributed by atoms with Crippen LogP contribution in [-0.2, 0) is 9.59 Å². The Morgan fingerprint density at radius 1 is 0.743 bits per heavy atom. The van der Waals surface area contributed by atoms with Crippen LogP contribution in [0.25, 0.3) is 0 Å². The molecule has 1 aliphatic rings. The number of nitrogens with two attached hydrogens (primary N) is 1. The van der Waals surface area contributed by atoms with Gasteiger partial charge in [0, 0.05) is 0 Å². The number of hydrogen-bond donors (Lipinski definition) is 3. The smallest absolute Gasteiger partial charge is 0.238 e. The molecule has 1 aliphatic carbocycles. The van der Waals surface area contributed by atoms with Crippen molar-refractivity contribution >= 4 is 11.8 Å². The number of carbonyl (C=O) groups is 2. The van der Waals surface area contributed by atoms with Gasteiger partial charge in [0.05, 0.1) is 23.3 Å². The van der Waals surface area contributed by atoms with E-state index in [4.69, 9.17) is 5.73 Å². The average molecular weight is 497 g/mol. The van der Waals surface area contributed by atoms with Gasteiger partial charge in [-0.15, -0.1) is 0 Å². The standard InChI is InChI=1S/C29H56N2O4/c1-11-15-28(34,16-12-2)21(25(5,6)7)31(24(33)27(19-20-27)23(30)32)22(26(8,9)10)29(35,17-13-3)18-14-4/h21-22,34-35H,11-20H2,1-10H3,(H2,30,32). The minimum Gasteiger partial charge on any atom is -0.388 e. The van der Waals surface area contributed by atoms with E-state index in [1.807, 2.05) is 27.7 Å². The van der Waals surface area contributed by atoms with Gasteiger partial charge < -0.3 is 20.8 Å². The fourth-order valence-corrected chi connectivity index (χ4v) is 6.81. The van der Waals surface area contributed by atoms with E-state index in [0.29, 0.717) is 38.5 Å². The van der Waals surface area contributed by atoms with Gasteiger partial charge in [-0.05, 0) is 49.4 Å². The number of carbonyl (C=O) groups excluding carboxylic acids is 2. The number of hydrogen-bond acceptors (Lipinski definition) is 4. The predicted molar refractivity (Wildman–Crippen MR) is 144 cm³/mol. The number of aliphatic hydroxyl groups is 2. The molecule has 6 nitrogen and oxygen atoms in total. The summed E-state index contributed by atoms with van der Waals surface area (Å²) in [4.78, 5) is 29.0. The fourth-order valence-electron chi connectivity index (χ4n) is 6.81. The monoisotopic (exact) mass is 496 g/mol. The Morgan fingerprint density at radius 3 is 1.20 bits per heavy atom. The number of rotatable bonds is 14. The number of primary amides is 1. The van der Waals surface area contributed by atoms with Crippen LogP contribution in [0.15, 0.2) is 0 Å². The van der Waals surface area contributed by atoms with Crippen LogP contribution in [0.3, 0.4) is 0 Å². The maximum absolute atomic E-state index is 14.6. The Morgan fingerprint density at radius 2 is 1.03 bits per heavy atom. The van der Waals surface area contributed by atoms with E-state index in [-0.39, 0.29) is 5.91 Å². The van der Waals surface area contributed by atoms with Crippen molar-refractivity contribution in [2.24, 2.45) is 22.0 Å². The lowest BCUT2D eigenvalue weighted by atomic mass is 9.65. The van der Waals surface area contributed by atoms with Gasteiger partial charge in [0.25, 0.3) is 0 Å². The van der Waals surface area contributed by atoms with Crippen molar-refractivity contribution < 1.29 is 19.8 Å². The second kappa shape index (κ2) is 11.5. The van der Waals surface area contributed by atoms with E-state index in [2.05, 4.69) is 41.5 Å². The second-order valence-electron chi connectivity index (χ2n) is 13.4. The van der Waals surface area contributed by atoms with Crippen molar-refractivity contribution in [3.8, 4) is 0 Å². The SMILES string of the molecule is CCCC(O)(CCC)C(N(C(=O)C1(C(N)=O)CC1)C(C(C)(C)C)C(O)(CCC)CCC)C(C)(C)C. The van der Waals surface area contributed by atoms with Crippen LogP contribution in [0, 0.1) is 16.2 Å². The zero-order chi connectivity index (χ0) is 27.5. The van der Waals surface area contributed by atoms with Gasteiger partial charge in [0.2, 0.25) is 11.8 Å². The molecule has 2 unspecified atom stereocenters. The summed E-state index contributed by atoms with van der Waals surface area (Å²) in [5.74, 6) is -0.919. The van der Waals surface area contributed by atoms with Crippen LogP contribution >= 0.6 is 0 Å². The Hall–Kier alpha value is -1.14. The highest BCUT2D eigenvalue weighted by atomic mass is 16.3. The zero-order valence-corrected chi connectivity index (χ0v) is 24.5. The molecule has 35 heavy (non-hydrogen) atoms. The van der Waals surface area contributed by atoms with Crippen molar-refractivity contribution in [3.63, 3.8) is 0 Å². The Labute approximate surface area is 215 Å². The molecular weight excluding hydrogens is 440 g/mol. The van der Waals surface area contributed by atoms with E-state index in [1.54, 1.807) is 4.90 Å². The summed E-state index contributed by atoms with van der Waals surface area (Å²) in [5, 5.41) is 24.6. The van der Waals surface area contributed by atoms with Crippen molar-refractivity contribution in [3.05, 3.63) is 0 Å². The third-order valence-electron chi connectivity index (χ3n) is 7.81. The van der Waals surface area contributed by atoms with Crippen molar-refractivity contribution in [1.82, 2.24) is 4.90 Å². The number of amides is 2. The Balaban J connectivity index is 4.07. The molecular formula is C29H56N2O4. The van der Waals surface area contributed by atoms with Crippen LogP contribution in [0.2, 0.25) is 0 Å². The molecule has 2 atom stereocenters. The highest BCUT2D eigenvalue weighted by Gasteiger charge is 2.64. The molecule has 0 aromatic carbocycles. The zero-order valence-electron chi connectivity index (χ0n) is 24.5. The summed E-state index contributed by atoms with van der Waals surface area (Å²) in [5.41, 5.74) is 1.25. The second-order valence-corrected chi connectivity index (χ2v) is 13.4. The lowest BCUT2D eigenvalue weighted by Gasteiger charge is -2.58. The Kier molecular flexibility index (Phi) is 10.5. The van der Waals surface area contributed by atoms with Crippen LogP contribution in [0.5, 0.6) is 0 Å². The van der Waals surface area contributed by atoms with Crippen LogP contribution in [0.1, 0.15) is 133 Å². The van der Waals surface area contributed by atoms with Gasteiger partial charge in [-0.3, -0.25) is 9.59 Å². The maximum atomic E-state index is 14.6. The van der Waals surface area contributed by atoms with E-state index < -0.39 is 45.4 Å². The normalized spacial score (nSPS) is 18.2. The molecule has 2 amide bonds. The van der Waals surface area contributed by atoms with Gasteiger partial charge in [0.1, 0.15) is 5.41 Å². The summed E-state index contributed by atoms with van der Waals surface area (Å²) in [6, 6.07) is -1.19. The molecule has 0 aromatic rings. The predicted octanol–water partition coefficient (Wildman–Crippen LogP) is 5.57. The van der Waals surface area contributed by atoms with Crippen molar-refractivity contribution in [2.45, 2.75) is 157 Å². The quantitative estimate of drug-likeness (QED) is 0.273. The molecule has 1 saturated carbocycles. The molecule has 4 N–H and O–H groups in total. The minimum absolute atomic E-state index is 0.318. The van der Waals surface area contributed by atoms with E-state index in [0.717, 1.165) is 25.7 Å². The molecule has 0 aliphatic heterocycles. The van der Waals surface area contributed by atoms with Gasteiger partial charge in [-0.2, -0.15) is 0 Å². The van der Waals surface area contributed by atoms with Crippen molar-refractivity contribution in [1.29, 1.82) is 0 Å². The van der Waals surface area contributed by atoms with Crippen LogP contribution in [0.4, 0.5) is 0 Å². The van der Waals surface area contributed by atoms with Gasteiger partial charge >= 0.3 is 0 Å².